The quantitative estimate of drug-likeness (QED) is 0.550. The smallest absolute Gasteiger partial charge is 0.325 e. The van der Waals surface area contributed by atoms with Gasteiger partial charge in [0.05, 0.1) is 37.1 Å². The molecular weight excluding hydrogens is 412 g/mol. The summed E-state index contributed by atoms with van der Waals surface area (Å²) in [6.07, 6.45) is 0.716. The normalized spacial score (nSPS) is 17.3. The molecule has 32 heavy (non-hydrogen) atoms. The second-order valence-electron chi connectivity index (χ2n) is 8.46. The van der Waals surface area contributed by atoms with Crippen LogP contribution in [-0.4, -0.2) is 48.1 Å². The summed E-state index contributed by atoms with van der Waals surface area (Å²) < 4.78 is 10.7. The molecule has 0 aliphatic carbocycles. The van der Waals surface area contributed by atoms with Crippen molar-refractivity contribution in [2.24, 2.45) is 5.92 Å². The van der Waals surface area contributed by atoms with Crippen molar-refractivity contribution in [3.63, 3.8) is 0 Å². The Morgan fingerprint density at radius 2 is 2.06 bits per heavy atom. The number of aromatic nitrogens is 1. The van der Waals surface area contributed by atoms with Gasteiger partial charge in [-0.25, -0.2) is 4.79 Å². The molecule has 3 N–H and O–H groups in total. The van der Waals surface area contributed by atoms with Gasteiger partial charge in [0.15, 0.2) is 5.82 Å². The Bertz CT molecular complexity index is 942. The molecule has 2 aromatic rings. The average Bonchev–Trinajstić information content (AvgIpc) is 3.16. The number of carboxylic acids is 1. The zero-order valence-corrected chi connectivity index (χ0v) is 19.1. The summed E-state index contributed by atoms with van der Waals surface area (Å²) in [6.45, 7) is 9.92. The molecule has 1 aliphatic heterocycles. The Balaban J connectivity index is 1.93. The van der Waals surface area contributed by atoms with Gasteiger partial charge in [-0.2, -0.15) is 0 Å². The van der Waals surface area contributed by atoms with E-state index in [0.29, 0.717) is 49.4 Å². The van der Waals surface area contributed by atoms with Crippen molar-refractivity contribution in [2.75, 3.05) is 35.3 Å². The van der Waals surface area contributed by atoms with E-state index < -0.39 is 12.0 Å². The Kier molecular flexibility index (Phi) is 7.74. The number of amides is 2. The van der Waals surface area contributed by atoms with E-state index in [0.717, 1.165) is 11.3 Å². The highest BCUT2D eigenvalue weighted by atomic mass is 16.5. The van der Waals surface area contributed by atoms with Crippen molar-refractivity contribution >= 4 is 29.2 Å². The minimum atomic E-state index is -0.845. The molecule has 2 heterocycles. The highest BCUT2D eigenvalue weighted by Gasteiger charge is 2.28. The van der Waals surface area contributed by atoms with Crippen LogP contribution in [0.2, 0.25) is 0 Å². The van der Waals surface area contributed by atoms with Crippen LogP contribution in [0.15, 0.2) is 28.8 Å². The van der Waals surface area contributed by atoms with Gasteiger partial charge in [0, 0.05) is 12.6 Å². The van der Waals surface area contributed by atoms with Crippen molar-refractivity contribution in [1.29, 1.82) is 0 Å². The van der Waals surface area contributed by atoms with Gasteiger partial charge >= 0.3 is 12.0 Å². The fourth-order valence-electron chi connectivity index (χ4n) is 4.04. The Morgan fingerprint density at radius 3 is 2.69 bits per heavy atom. The molecule has 1 fully saturated rings. The van der Waals surface area contributed by atoms with Gasteiger partial charge in [-0.1, -0.05) is 32.0 Å². The highest BCUT2D eigenvalue weighted by Crippen LogP contribution is 2.35. The van der Waals surface area contributed by atoms with E-state index in [4.69, 9.17) is 9.26 Å². The number of carbonyl (C=O) groups excluding carboxylic acids is 1. The van der Waals surface area contributed by atoms with E-state index >= 15 is 0 Å². The molecule has 1 saturated heterocycles. The molecular formula is C23H32N4O5. The third kappa shape index (κ3) is 5.79. The van der Waals surface area contributed by atoms with Gasteiger partial charge in [0.25, 0.3) is 0 Å². The molecule has 9 nitrogen and oxygen atoms in total. The van der Waals surface area contributed by atoms with Crippen LogP contribution in [0.4, 0.5) is 22.0 Å². The topological polar surface area (TPSA) is 117 Å². The molecule has 0 saturated carbocycles. The van der Waals surface area contributed by atoms with E-state index in [2.05, 4.69) is 34.5 Å². The van der Waals surface area contributed by atoms with Gasteiger partial charge in [0.2, 0.25) is 0 Å². The molecule has 0 radical (unpaired) electrons. The average molecular weight is 445 g/mol. The SMILES string of the molecule is CCC(CC(=O)O)c1ccc(N2CCOC[C@@H]2C(C)C)c(NC(=O)Nc2cc(C)on2)c1. The number of nitrogens with one attached hydrogen (secondary N) is 2. The van der Waals surface area contributed by atoms with Crippen LogP contribution >= 0.6 is 0 Å². The maximum absolute atomic E-state index is 12.7. The summed E-state index contributed by atoms with van der Waals surface area (Å²) in [5, 5.41) is 18.7. The van der Waals surface area contributed by atoms with Gasteiger partial charge in [0.1, 0.15) is 5.76 Å². The van der Waals surface area contributed by atoms with Gasteiger partial charge in [-0.3, -0.25) is 10.1 Å². The first-order valence-electron chi connectivity index (χ1n) is 11.0. The Morgan fingerprint density at radius 1 is 1.28 bits per heavy atom. The third-order valence-electron chi connectivity index (χ3n) is 5.77. The fraction of sp³-hybridized carbons (Fsp3) is 0.522. The lowest BCUT2D eigenvalue weighted by Gasteiger charge is -2.40. The molecule has 0 bridgehead atoms. The molecule has 3 rings (SSSR count). The van der Waals surface area contributed by atoms with Crippen molar-refractivity contribution in [3.05, 3.63) is 35.6 Å². The van der Waals surface area contributed by atoms with Crippen LogP contribution in [0.1, 0.15) is 50.9 Å². The van der Waals surface area contributed by atoms with E-state index in [1.165, 1.54) is 0 Å². The largest absolute Gasteiger partial charge is 0.481 e. The lowest BCUT2D eigenvalue weighted by molar-refractivity contribution is -0.137. The number of rotatable bonds is 8. The summed E-state index contributed by atoms with van der Waals surface area (Å²) in [5.74, 6) is 0.277. The number of aryl methyl sites for hydroxylation is 1. The number of carbonyl (C=O) groups is 2. The zero-order valence-electron chi connectivity index (χ0n) is 19.1. The number of hydrogen-bond donors (Lipinski definition) is 3. The first-order chi connectivity index (χ1) is 15.3. The molecule has 2 atom stereocenters. The first-order valence-corrected chi connectivity index (χ1v) is 11.0. The van der Waals surface area contributed by atoms with Crippen LogP contribution < -0.4 is 15.5 Å². The van der Waals surface area contributed by atoms with Crippen LogP contribution in [0, 0.1) is 12.8 Å². The number of aliphatic carboxylic acids is 1. The van der Waals surface area contributed by atoms with E-state index in [9.17, 15) is 14.7 Å². The molecule has 1 aliphatic rings. The number of morpholine rings is 1. The van der Waals surface area contributed by atoms with Crippen LogP contribution in [-0.2, 0) is 9.53 Å². The maximum atomic E-state index is 12.7. The number of nitrogens with zero attached hydrogens (tertiary/aromatic N) is 2. The minimum absolute atomic E-state index is 0.0336. The lowest BCUT2D eigenvalue weighted by atomic mass is 9.92. The second-order valence-corrected chi connectivity index (χ2v) is 8.46. The molecule has 9 heteroatoms. The molecule has 1 aromatic carbocycles. The number of carboxylic acid groups (broad SMARTS) is 1. The summed E-state index contributed by atoms with van der Waals surface area (Å²) in [7, 11) is 0. The second kappa shape index (κ2) is 10.5. The molecule has 1 aromatic heterocycles. The van der Waals surface area contributed by atoms with E-state index in [-0.39, 0.29) is 18.4 Å². The third-order valence-corrected chi connectivity index (χ3v) is 5.77. The predicted molar refractivity (Wildman–Crippen MR) is 122 cm³/mol. The summed E-state index contributed by atoms with van der Waals surface area (Å²) in [6, 6.07) is 7.16. The van der Waals surface area contributed by atoms with E-state index in [1.807, 2.05) is 25.1 Å². The summed E-state index contributed by atoms with van der Waals surface area (Å²) >= 11 is 0. The molecule has 1 unspecified atom stereocenters. The minimum Gasteiger partial charge on any atom is -0.481 e. The number of urea groups is 1. The van der Waals surface area contributed by atoms with Crippen molar-refractivity contribution in [1.82, 2.24) is 5.16 Å². The Labute approximate surface area is 188 Å². The summed E-state index contributed by atoms with van der Waals surface area (Å²) in [4.78, 5) is 26.3. The number of hydrogen-bond acceptors (Lipinski definition) is 6. The maximum Gasteiger partial charge on any atom is 0.325 e. The predicted octanol–water partition coefficient (Wildman–Crippen LogP) is 4.46. The van der Waals surface area contributed by atoms with Crippen LogP contribution in [0.3, 0.4) is 0 Å². The monoisotopic (exact) mass is 444 g/mol. The lowest BCUT2D eigenvalue weighted by Crippen LogP contribution is -2.48. The van der Waals surface area contributed by atoms with Crippen molar-refractivity contribution in [3.8, 4) is 0 Å². The van der Waals surface area contributed by atoms with Crippen molar-refractivity contribution < 1.29 is 24.0 Å². The first kappa shape index (κ1) is 23.6. The number of ether oxygens (including phenoxy) is 1. The Hall–Kier alpha value is -3.07. The van der Waals surface area contributed by atoms with Crippen LogP contribution in [0.5, 0.6) is 0 Å². The van der Waals surface area contributed by atoms with Crippen LogP contribution in [0.25, 0.3) is 0 Å². The summed E-state index contributed by atoms with van der Waals surface area (Å²) in [5.41, 5.74) is 2.38. The van der Waals surface area contributed by atoms with Gasteiger partial charge in [-0.15, -0.1) is 0 Å². The highest BCUT2D eigenvalue weighted by molar-refractivity contribution is 6.01. The number of benzene rings is 1. The van der Waals surface area contributed by atoms with Crippen molar-refractivity contribution in [2.45, 2.75) is 52.5 Å². The van der Waals surface area contributed by atoms with Gasteiger partial charge in [-0.05, 0) is 42.9 Å². The zero-order chi connectivity index (χ0) is 23.3. The van der Waals surface area contributed by atoms with Gasteiger partial charge < -0.3 is 24.6 Å². The molecule has 174 valence electrons. The van der Waals surface area contributed by atoms with E-state index in [1.54, 1.807) is 13.0 Å². The molecule has 0 spiro atoms. The number of anilines is 3. The standard InChI is InChI=1S/C23H32N4O5/c1-5-16(12-22(28)29)17-6-7-19(27-8-9-31-13-20(27)14(2)3)18(11-17)24-23(30)25-21-10-15(4)32-26-21/h6-7,10-11,14,16,20H,5,8-9,12-13H2,1-4H3,(H,28,29)(H2,24,25,26,30)/t16?,20-/m1/s1. The fourth-order valence-corrected chi connectivity index (χ4v) is 4.04. The molecule has 2 amide bonds.